The number of rotatable bonds is 8. The molecule has 1 nitrogen and oxygen atoms in total. The third kappa shape index (κ3) is 4.76. The Kier molecular flexibility index (Phi) is 7.37. The van der Waals surface area contributed by atoms with Crippen LogP contribution >= 0.6 is 0 Å². The van der Waals surface area contributed by atoms with Crippen LogP contribution in [-0.2, 0) is 5.54 Å². The molecule has 0 amide bonds. The SMILES string of the molecule is CCN(CC)C(C=C=C(c1ccccc1)c1ccccc1)(c1ccccc1)c1ccccc1. The van der Waals surface area contributed by atoms with Crippen LogP contribution in [0.1, 0.15) is 36.1 Å². The molecular formula is C32H31N. The van der Waals surface area contributed by atoms with Crippen LogP contribution < -0.4 is 0 Å². The molecule has 0 atom stereocenters. The number of likely N-dealkylation sites (N-methyl/N-ethyl adjacent to an activating group) is 1. The largest absolute Gasteiger partial charge is 0.287 e. The zero-order valence-corrected chi connectivity index (χ0v) is 19.5. The van der Waals surface area contributed by atoms with E-state index in [0.29, 0.717) is 0 Å². The molecular weight excluding hydrogens is 398 g/mol. The van der Waals surface area contributed by atoms with Gasteiger partial charge in [0.1, 0.15) is 0 Å². The number of hydrogen-bond donors (Lipinski definition) is 0. The van der Waals surface area contributed by atoms with Crippen molar-refractivity contribution in [2.24, 2.45) is 0 Å². The highest BCUT2D eigenvalue weighted by atomic mass is 15.2. The Balaban J connectivity index is 2.05. The van der Waals surface area contributed by atoms with Crippen LogP contribution in [0.4, 0.5) is 0 Å². The first-order valence-electron chi connectivity index (χ1n) is 11.7. The molecule has 0 aromatic heterocycles. The molecule has 0 unspecified atom stereocenters. The third-order valence-electron chi connectivity index (χ3n) is 6.24. The van der Waals surface area contributed by atoms with Gasteiger partial charge in [0.05, 0.1) is 5.54 Å². The van der Waals surface area contributed by atoms with Gasteiger partial charge in [-0.3, -0.25) is 4.90 Å². The van der Waals surface area contributed by atoms with Gasteiger partial charge in [0.15, 0.2) is 0 Å². The highest BCUT2D eigenvalue weighted by molar-refractivity contribution is 5.79. The first kappa shape index (κ1) is 22.6. The maximum absolute atomic E-state index is 3.79. The fourth-order valence-corrected chi connectivity index (χ4v) is 4.62. The topological polar surface area (TPSA) is 3.24 Å². The number of benzene rings is 4. The van der Waals surface area contributed by atoms with Crippen molar-refractivity contribution in [3.05, 3.63) is 155 Å². The average molecular weight is 430 g/mol. The van der Waals surface area contributed by atoms with E-state index >= 15 is 0 Å². The number of hydrogen-bond acceptors (Lipinski definition) is 1. The summed E-state index contributed by atoms with van der Waals surface area (Å²) in [6.07, 6.45) is 2.28. The zero-order valence-electron chi connectivity index (χ0n) is 19.5. The van der Waals surface area contributed by atoms with E-state index in [1.54, 1.807) is 0 Å². The Morgan fingerprint density at radius 3 is 1.33 bits per heavy atom. The summed E-state index contributed by atoms with van der Waals surface area (Å²) in [6, 6.07) is 42.7. The molecule has 0 radical (unpaired) electrons. The summed E-state index contributed by atoms with van der Waals surface area (Å²) < 4.78 is 0. The summed E-state index contributed by atoms with van der Waals surface area (Å²) in [6.45, 7) is 6.31. The zero-order chi connectivity index (χ0) is 22.9. The molecule has 0 spiro atoms. The van der Waals surface area contributed by atoms with Gasteiger partial charge in [0.25, 0.3) is 0 Å². The maximum Gasteiger partial charge on any atom is 0.0977 e. The van der Waals surface area contributed by atoms with E-state index in [4.69, 9.17) is 0 Å². The Morgan fingerprint density at radius 2 is 0.970 bits per heavy atom. The van der Waals surface area contributed by atoms with E-state index < -0.39 is 5.54 Å². The molecule has 0 aliphatic rings. The lowest BCUT2D eigenvalue weighted by Crippen LogP contribution is -2.45. The van der Waals surface area contributed by atoms with E-state index in [2.05, 4.69) is 152 Å². The second-order valence-electron chi connectivity index (χ2n) is 8.07. The van der Waals surface area contributed by atoms with E-state index in [-0.39, 0.29) is 0 Å². The summed E-state index contributed by atoms with van der Waals surface area (Å²) in [5.74, 6) is 0. The molecule has 164 valence electrons. The fraction of sp³-hybridized carbons (Fsp3) is 0.156. The molecule has 33 heavy (non-hydrogen) atoms. The molecule has 4 rings (SSSR count). The quantitative estimate of drug-likeness (QED) is 0.261. The van der Waals surface area contributed by atoms with Gasteiger partial charge < -0.3 is 0 Å². The van der Waals surface area contributed by atoms with Gasteiger partial charge >= 0.3 is 0 Å². The van der Waals surface area contributed by atoms with Crippen molar-refractivity contribution < 1.29 is 0 Å². The lowest BCUT2D eigenvalue weighted by Gasteiger charge is -2.41. The van der Waals surface area contributed by atoms with Crippen molar-refractivity contribution in [2.45, 2.75) is 19.4 Å². The first-order chi connectivity index (χ1) is 16.3. The van der Waals surface area contributed by atoms with Crippen molar-refractivity contribution in [2.75, 3.05) is 13.1 Å². The van der Waals surface area contributed by atoms with Crippen LogP contribution in [0.2, 0.25) is 0 Å². The molecule has 0 bridgehead atoms. The van der Waals surface area contributed by atoms with Gasteiger partial charge in [-0.1, -0.05) is 135 Å². The number of nitrogens with zero attached hydrogens (tertiary/aromatic N) is 1. The van der Waals surface area contributed by atoms with Crippen molar-refractivity contribution >= 4 is 5.57 Å². The van der Waals surface area contributed by atoms with Gasteiger partial charge in [-0.05, 0) is 41.4 Å². The predicted molar refractivity (Wildman–Crippen MR) is 140 cm³/mol. The van der Waals surface area contributed by atoms with Crippen LogP contribution in [0.5, 0.6) is 0 Å². The molecule has 0 aliphatic heterocycles. The van der Waals surface area contributed by atoms with Crippen LogP contribution in [0.15, 0.2) is 133 Å². The van der Waals surface area contributed by atoms with Gasteiger partial charge in [-0.2, -0.15) is 0 Å². The molecule has 4 aromatic carbocycles. The maximum atomic E-state index is 3.79. The predicted octanol–water partition coefficient (Wildman–Crippen LogP) is 7.56. The first-order valence-corrected chi connectivity index (χ1v) is 11.7. The van der Waals surface area contributed by atoms with Gasteiger partial charge in [0, 0.05) is 5.57 Å². The second kappa shape index (κ2) is 10.8. The Hall–Kier alpha value is -3.64. The lowest BCUT2D eigenvalue weighted by atomic mass is 9.80. The molecule has 0 aliphatic carbocycles. The molecule has 0 saturated heterocycles. The fourth-order valence-electron chi connectivity index (χ4n) is 4.62. The lowest BCUT2D eigenvalue weighted by molar-refractivity contribution is 0.183. The van der Waals surface area contributed by atoms with Crippen LogP contribution in [-0.4, -0.2) is 18.0 Å². The normalized spacial score (nSPS) is 11.1. The van der Waals surface area contributed by atoms with E-state index in [1.807, 2.05) is 0 Å². The Morgan fingerprint density at radius 1 is 0.606 bits per heavy atom. The van der Waals surface area contributed by atoms with E-state index in [1.165, 1.54) is 11.1 Å². The molecule has 1 heteroatoms. The van der Waals surface area contributed by atoms with Crippen molar-refractivity contribution in [3.63, 3.8) is 0 Å². The standard InChI is InChI=1S/C32H31N/c1-3-33(4-2)32(29-21-13-7-14-22-29,30-23-15-8-16-24-30)26-25-31(27-17-9-5-10-18-27)28-19-11-6-12-20-28/h5-24,26H,3-4H2,1-2H3. The van der Waals surface area contributed by atoms with E-state index in [9.17, 15) is 0 Å². The van der Waals surface area contributed by atoms with Crippen molar-refractivity contribution in [1.82, 2.24) is 4.90 Å². The minimum Gasteiger partial charge on any atom is -0.287 e. The van der Waals surface area contributed by atoms with Crippen LogP contribution in [0.25, 0.3) is 5.57 Å². The van der Waals surface area contributed by atoms with Crippen molar-refractivity contribution in [1.29, 1.82) is 0 Å². The summed E-state index contributed by atoms with van der Waals surface area (Å²) in [4.78, 5) is 2.51. The Bertz CT molecular complexity index is 1100. The van der Waals surface area contributed by atoms with Gasteiger partial charge in [-0.15, -0.1) is 5.73 Å². The van der Waals surface area contributed by atoms with Crippen LogP contribution in [0, 0.1) is 0 Å². The molecule has 0 heterocycles. The van der Waals surface area contributed by atoms with Crippen molar-refractivity contribution in [3.8, 4) is 0 Å². The average Bonchev–Trinajstić information content (AvgIpc) is 2.90. The van der Waals surface area contributed by atoms with Gasteiger partial charge in [0.2, 0.25) is 0 Å². The van der Waals surface area contributed by atoms with Gasteiger partial charge in [-0.25, -0.2) is 0 Å². The summed E-state index contributed by atoms with van der Waals surface area (Å²) >= 11 is 0. The van der Waals surface area contributed by atoms with E-state index in [0.717, 1.165) is 29.8 Å². The molecule has 0 N–H and O–H groups in total. The second-order valence-corrected chi connectivity index (χ2v) is 8.07. The molecule has 0 fully saturated rings. The summed E-state index contributed by atoms with van der Waals surface area (Å²) in [5.41, 5.74) is 9.27. The highest BCUT2D eigenvalue weighted by Gasteiger charge is 2.36. The van der Waals surface area contributed by atoms with Crippen LogP contribution in [0.3, 0.4) is 0 Å². The highest BCUT2D eigenvalue weighted by Crippen LogP contribution is 2.38. The molecule has 0 saturated carbocycles. The molecule has 4 aromatic rings. The Labute approximate surface area is 198 Å². The monoisotopic (exact) mass is 429 g/mol. The smallest absolute Gasteiger partial charge is 0.0977 e. The summed E-state index contributed by atoms with van der Waals surface area (Å²) in [7, 11) is 0. The minimum absolute atomic E-state index is 0.430. The third-order valence-corrected chi connectivity index (χ3v) is 6.24. The minimum atomic E-state index is -0.430. The summed E-state index contributed by atoms with van der Waals surface area (Å²) in [5, 5.41) is 0.